The number of hydrogen-bond acceptors (Lipinski definition) is 4. The summed E-state index contributed by atoms with van der Waals surface area (Å²) in [5, 5.41) is 0.112. The highest BCUT2D eigenvalue weighted by Gasteiger charge is 2.39. The molecule has 0 aliphatic carbocycles. The second-order valence-corrected chi connectivity index (χ2v) is 14.8. The van der Waals surface area contributed by atoms with Crippen LogP contribution in [0.2, 0.25) is 18.1 Å². The van der Waals surface area contributed by atoms with E-state index in [4.69, 9.17) is 13.9 Å². The first kappa shape index (κ1) is 27.5. The fourth-order valence-electron chi connectivity index (χ4n) is 3.13. The summed E-state index contributed by atoms with van der Waals surface area (Å²) in [4.78, 5) is 12.1. The van der Waals surface area contributed by atoms with Crippen molar-refractivity contribution >= 4 is 14.3 Å². The van der Waals surface area contributed by atoms with Crippen LogP contribution in [0.4, 0.5) is 0 Å². The normalized spacial score (nSPS) is 12.0. The number of carbonyl (C=O) groups excluding carboxylic acids is 1. The molecule has 31 heavy (non-hydrogen) atoms. The Labute approximate surface area is 192 Å². The maximum atomic E-state index is 12.1. The minimum Gasteiger partial charge on any atom is -0.541 e. The molecule has 0 N–H and O–H groups in total. The number of hydrogen-bond donors (Lipinski definition) is 0. The zero-order chi connectivity index (χ0) is 23.3. The average molecular weight is 451 g/mol. The topological polar surface area (TPSA) is 44.8 Å². The highest BCUT2D eigenvalue weighted by Crippen LogP contribution is 2.40. The van der Waals surface area contributed by atoms with Gasteiger partial charge >= 0.3 is 5.97 Å². The van der Waals surface area contributed by atoms with Crippen molar-refractivity contribution < 1.29 is 18.7 Å². The zero-order valence-corrected chi connectivity index (χ0v) is 22.1. The quantitative estimate of drug-likeness (QED) is 0.154. The Morgan fingerprint density at radius 1 is 0.903 bits per heavy atom. The lowest BCUT2D eigenvalue weighted by Gasteiger charge is -2.36. The second-order valence-electron chi connectivity index (χ2n) is 10.1. The van der Waals surface area contributed by atoms with Crippen LogP contribution < -0.4 is 9.16 Å². The van der Waals surface area contributed by atoms with Crippen molar-refractivity contribution in [3.8, 4) is 11.5 Å². The molecule has 0 aliphatic rings. The predicted octanol–water partition coefficient (Wildman–Crippen LogP) is 8.04. The van der Waals surface area contributed by atoms with Crippen molar-refractivity contribution in [2.45, 2.75) is 117 Å². The lowest BCUT2D eigenvalue weighted by molar-refractivity contribution is -0.145. The number of esters is 1. The van der Waals surface area contributed by atoms with Crippen LogP contribution >= 0.6 is 0 Å². The monoisotopic (exact) mass is 450 g/mol. The third-order valence-corrected chi connectivity index (χ3v) is 10.6. The molecule has 0 spiro atoms. The van der Waals surface area contributed by atoms with Gasteiger partial charge < -0.3 is 13.9 Å². The molecule has 0 fully saturated rings. The van der Waals surface area contributed by atoms with Crippen molar-refractivity contribution in [1.82, 2.24) is 0 Å². The van der Waals surface area contributed by atoms with Gasteiger partial charge in [0.2, 0.25) is 0 Å². The van der Waals surface area contributed by atoms with Crippen LogP contribution in [0.15, 0.2) is 18.2 Å². The molecule has 0 atom stereocenters. The first-order valence-electron chi connectivity index (χ1n) is 12.1. The summed E-state index contributed by atoms with van der Waals surface area (Å²) < 4.78 is 17.4. The molecule has 0 aliphatic heterocycles. The Bertz CT molecular complexity index is 649. The summed E-state index contributed by atoms with van der Waals surface area (Å²) in [6.07, 6.45) is 11.7. The van der Waals surface area contributed by atoms with E-state index in [2.05, 4.69) is 40.8 Å². The molecule has 0 aromatic heterocycles. The average Bonchev–Trinajstić information content (AvgIpc) is 2.70. The summed E-state index contributed by atoms with van der Waals surface area (Å²) in [5.74, 6) is 1.33. The van der Waals surface area contributed by atoms with Gasteiger partial charge in [-0.15, -0.1) is 0 Å². The van der Waals surface area contributed by atoms with E-state index in [1.807, 2.05) is 18.2 Å². The minimum atomic E-state index is -1.95. The molecule has 5 heteroatoms. The Morgan fingerprint density at radius 2 is 1.48 bits per heavy atom. The molecule has 178 valence electrons. The lowest BCUT2D eigenvalue weighted by atomic mass is 10.1. The van der Waals surface area contributed by atoms with Crippen LogP contribution in [0.5, 0.6) is 11.5 Å². The molecule has 0 radical (unpaired) electrons. The minimum absolute atomic E-state index is 0.112. The summed E-state index contributed by atoms with van der Waals surface area (Å²) in [6.45, 7) is 13.6. The number of ether oxygens (including phenoxy) is 2. The predicted molar refractivity (Wildman–Crippen MR) is 132 cm³/mol. The Hall–Kier alpha value is -1.49. The molecular formula is C26H46O4Si. The van der Waals surface area contributed by atoms with Crippen LogP contribution in [0, 0.1) is 0 Å². The van der Waals surface area contributed by atoms with E-state index in [1.54, 1.807) is 7.11 Å². The van der Waals surface area contributed by atoms with E-state index in [0.29, 0.717) is 12.2 Å². The molecule has 0 bridgehead atoms. The molecule has 0 saturated heterocycles. The van der Waals surface area contributed by atoms with Crippen molar-refractivity contribution in [2.24, 2.45) is 0 Å². The van der Waals surface area contributed by atoms with Crippen LogP contribution in [0.1, 0.15) is 97.5 Å². The standard InChI is InChI=1S/C26H46O4Si/c1-8-9-10-11-12-13-14-15-16-17-25(27)29-21-22-18-19-23(24(20-22)28-5)30-31(6,7)26(2,3)4/h18-20H,8-17,21H2,1-7H3. The number of methoxy groups -OCH3 is 1. The molecule has 0 unspecified atom stereocenters. The molecular weight excluding hydrogens is 404 g/mol. The van der Waals surface area contributed by atoms with Crippen molar-refractivity contribution in [3.05, 3.63) is 23.8 Å². The molecule has 4 nitrogen and oxygen atoms in total. The smallest absolute Gasteiger partial charge is 0.306 e. The summed E-state index contributed by atoms with van der Waals surface area (Å²) >= 11 is 0. The molecule has 0 heterocycles. The molecule has 1 aromatic rings. The summed E-state index contributed by atoms with van der Waals surface area (Å²) in [5.41, 5.74) is 0.917. The van der Waals surface area contributed by atoms with Crippen LogP contribution in [-0.2, 0) is 16.1 Å². The van der Waals surface area contributed by atoms with Gasteiger partial charge in [-0.1, -0.05) is 85.1 Å². The van der Waals surface area contributed by atoms with Gasteiger partial charge in [-0.25, -0.2) is 0 Å². The first-order chi connectivity index (χ1) is 14.6. The second kappa shape index (κ2) is 13.8. The van der Waals surface area contributed by atoms with Gasteiger partial charge in [-0.2, -0.15) is 0 Å². The molecule has 0 amide bonds. The fraction of sp³-hybridized carbons (Fsp3) is 0.731. The summed E-state index contributed by atoms with van der Waals surface area (Å²) in [7, 11) is -0.300. The number of rotatable bonds is 15. The SMILES string of the molecule is CCCCCCCCCCCC(=O)OCc1ccc(O[Si](C)(C)C(C)(C)C)c(OC)c1. The first-order valence-corrected chi connectivity index (χ1v) is 15.0. The Morgan fingerprint density at radius 3 is 2.03 bits per heavy atom. The van der Waals surface area contributed by atoms with Crippen molar-refractivity contribution in [2.75, 3.05) is 7.11 Å². The van der Waals surface area contributed by atoms with Crippen LogP contribution in [-0.4, -0.2) is 21.4 Å². The number of benzene rings is 1. The van der Waals surface area contributed by atoms with Crippen molar-refractivity contribution in [3.63, 3.8) is 0 Å². The van der Waals surface area contributed by atoms with Crippen LogP contribution in [0.3, 0.4) is 0 Å². The largest absolute Gasteiger partial charge is 0.541 e. The molecule has 0 saturated carbocycles. The third-order valence-electron chi connectivity index (χ3n) is 6.28. The van der Waals surface area contributed by atoms with Gasteiger partial charge in [0.25, 0.3) is 8.32 Å². The summed E-state index contributed by atoms with van der Waals surface area (Å²) in [6, 6.07) is 5.80. The van der Waals surface area contributed by atoms with E-state index >= 15 is 0 Å². The van der Waals surface area contributed by atoms with Crippen molar-refractivity contribution in [1.29, 1.82) is 0 Å². The molecule has 1 rings (SSSR count). The van der Waals surface area contributed by atoms with Crippen LogP contribution in [0.25, 0.3) is 0 Å². The third kappa shape index (κ3) is 10.6. The lowest BCUT2D eigenvalue weighted by Crippen LogP contribution is -2.43. The number of carbonyl (C=O) groups is 1. The van der Waals surface area contributed by atoms with E-state index in [-0.39, 0.29) is 17.6 Å². The van der Waals surface area contributed by atoms with Gasteiger partial charge in [-0.05, 0) is 42.2 Å². The maximum absolute atomic E-state index is 12.1. The number of unbranched alkanes of at least 4 members (excludes halogenated alkanes) is 8. The Kier molecular flexibility index (Phi) is 12.3. The molecule has 1 aromatic carbocycles. The van der Waals surface area contributed by atoms with Gasteiger partial charge in [0.05, 0.1) is 7.11 Å². The maximum Gasteiger partial charge on any atom is 0.306 e. The highest BCUT2D eigenvalue weighted by atomic mass is 28.4. The highest BCUT2D eigenvalue weighted by molar-refractivity contribution is 6.74. The van der Waals surface area contributed by atoms with E-state index in [9.17, 15) is 4.79 Å². The fourth-order valence-corrected chi connectivity index (χ4v) is 4.15. The Balaban J connectivity index is 2.37. The van der Waals surface area contributed by atoms with E-state index < -0.39 is 8.32 Å². The zero-order valence-electron chi connectivity index (χ0n) is 21.1. The van der Waals surface area contributed by atoms with Gasteiger partial charge in [0.15, 0.2) is 5.75 Å². The van der Waals surface area contributed by atoms with Gasteiger partial charge in [0.1, 0.15) is 12.4 Å². The van der Waals surface area contributed by atoms with E-state index in [1.165, 1.54) is 44.9 Å². The van der Waals surface area contributed by atoms with E-state index in [0.717, 1.165) is 24.2 Å². The van der Waals surface area contributed by atoms with Gasteiger partial charge in [-0.3, -0.25) is 4.79 Å². The van der Waals surface area contributed by atoms with Gasteiger partial charge in [0, 0.05) is 6.42 Å².